The highest BCUT2D eigenvalue weighted by molar-refractivity contribution is 5.85. The highest BCUT2D eigenvalue weighted by Crippen LogP contribution is 2.18. The van der Waals surface area contributed by atoms with Crippen LogP contribution >= 0.6 is 0 Å². The van der Waals surface area contributed by atoms with Gasteiger partial charge in [-0.3, -0.25) is 19.3 Å². The van der Waals surface area contributed by atoms with Crippen LogP contribution < -0.4 is 5.32 Å². The summed E-state index contributed by atoms with van der Waals surface area (Å²) in [4.78, 5) is 41.9. The van der Waals surface area contributed by atoms with Crippen molar-refractivity contribution in [1.29, 1.82) is 0 Å². The quantitative estimate of drug-likeness (QED) is 0.755. The van der Waals surface area contributed by atoms with Crippen LogP contribution in [0, 0.1) is 0 Å². The van der Waals surface area contributed by atoms with E-state index in [0.29, 0.717) is 38.6 Å². The van der Waals surface area contributed by atoms with Crippen molar-refractivity contribution >= 4 is 17.7 Å². The Labute approximate surface area is 143 Å². The van der Waals surface area contributed by atoms with Crippen LogP contribution in [0.5, 0.6) is 0 Å². The zero-order valence-corrected chi connectivity index (χ0v) is 14.3. The molecule has 1 aliphatic carbocycles. The first kappa shape index (κ1) is 17.2. The normalized spacial score (nSPS) is 23.1. The molecule has 0 spiro atoms. The van der Waals surface area contributed by atoms with Gasteiger partial charge in [0.2, 0.25) is 17.7 Å². The van der Waals surface area contributed by atoms with Crippen LogP contribution in [0.3, 0.4) is 0 Å². The average Bonchev–Trinajstić information content (AvgIpc) is 3.38. The predicted molar refractivity (Wildman–Crippen MR) is 89.2 cm³/mol. The maximum atomic E-state index is 12.4. The first-order valence-corrected chi connectivity index (χ1v) is 9.19. The van der Waals surface area contributed by atoms with Gasteiger partial charge in [0.25, 0.3) is 0 Å². The first-order valence-electron chi connectivity index (χ1n) is 9.19. The summed E-state index contributed by atoms with van der Waals surface area (Å²) in [6.07, 6.45) is 5.76. The minimum atomic E-state index is 0.0346. The molecule has 3 aliphatic rings. The summed E-state index contributed by atoms with van der Waals surface area (Å²) in [5.41, 5.74) is 0. The van der Waals surface area contributed by atoms with Crippen molar-refractivity contribution in [1.82, 2.24) is 20.0 Å². The molecule has 2 heterocycles. The largest absolute Gasteiger partial charge is 0.352 e. The van der Waals surface area contributed by atoms with Crippen molar-refractivity contribution < 1.29 is 14.4 Å². The molecular formula is C17H28N4O3. The topological polar surface area (TPSA) is 73.0 Å². The maximum absolute atomic E-state index is 12.4. The van der Waals surface area contributed by atoms with Gasteiger partial charge in [0.1, 0.15) is 0 Å². The van der Waals surface area contributed by atoms with E-state index < -0.39 is 0 Å². The number of rotatable bonds is 5. The lowest BCUT2D eigenvalue weighted by molar-refractivity contribution is -0.141. The molecule has 3 rings (SSSR count). The van der Waals surface area contributed by atoms with E-state index in [1.54, 1.807) is 4.90 Å². The molecule has 0 unspecified atom stereocenters. The second-order valence-electron chi connectivity index (χ2n) is 7.12. The fourth-order valence-electron chi connectivity index (χ4n) is 3.33. The molecular weight excluding hydrogens is 308 g/mol. The number of likely N-dealkylation sites (tertiary alicyclic amines) is 1. The molecule has 0 atom stereocenters. The molecule has 3 fully saturated rings. The number of hydrogen-bond donors (Lipinski definition) is 1. The second-order valence-corrected chi connectivity index (χ2v) is 7.12. The summed E-state index contributed by atoms with van der Waals surface area (Å²) >= 11 is 0. The second kappa shape index (κ2) is 7.96. The summed E-state index contributed by atoms with van der Waals surface area (Å²) in [7, 11) is 0. The summed E-state index contributed by atoms with van der Waals surface area (Å²) in [5.74, 6) is 0.232. The smallest absolute Gasteiger partial charge is 0.242 e. The zero-order valence-electron chi connectivity index (χ0n) is 14.3. The first-order chi connectivity index (χ1) is 11.6. The van der Waals surface area contributed by atoms with Crippen molar-refractivity contribution in [3.63, 3.8) is 0 Å². The number of hydrogen-bond acceptors (Lipinski definition) is 4. The number of carbonyl (C=O) groups excluding carboxylic acids is 3. The van der Waals surface area contributed by atoms with E-state index in [4.69, 9.17) is 0 Å². The Morgan fingerprint density at radius 1 is 0.958 bits per heavy atom. The van der Waals surface area contributed by atoms with Crippen LogP contribution in [0.15, 0.2) is 0 Å². The van der Waals surface area contributed by atoms with Crippen molar-refractivity contribution in [2.75, 3.05) is 45.8 Å². The molecule has 7 nitrogen and oxygen atoms in total. The third-order valence-corrected chi connectivity index (χ3v) is 5.03. The summed E-state index contributed by atoms with van der Waals surface area (Å²) in [6.45, 7) is 4.04. The lowest BCUT2D eigenvalue weighted by Crippen LogP contribution is -2.53. The number of nitrogens with one attached hydrogen (secondary N) is 1. The predicted octanol–water partition coefficient (Wildman–Crippen LogP) is -0.188. The minimum absolute atomic E-state index is 0.0346. The van der Waals surface area contributed by atoms with Gasteiger partial charge in [0.15, 0.2) is 0 Å². The Kier molecular flexibility index (Phi) is 5.71. The minimum Gasteiger partial charge on any atom is -0.352 e. The van der Waals surface area contributed by atoms with Gasteiger partial charge in [-0.05, 0) is 25.7 Å². The molecule has 2 aliphatic heterocycles. The van der Waals surface area contributed by atoms with Gasteiger partial charge in [-0.1, -0.05) is 6.42 Å². The molecule has 1 saturated carbocycles. The van der Waals surface area contributed by atoms with Crippen molar-refractivity contribution in [2.24, 2.45) is 0 Å². The molecule has 2 saturated heterocycles. The van der Waals surface area contributed by atoms with Crippen LogP contribution in [0.25, 0.3) is 0 Å². The van der Waals surface area contributed by atoms with Crippen LogP contribution in [-0.4, -0.2) is 84.3 Å². The summed E-state index contributed by atoms with van der Waals surface area (Å²) < 4.78 is 0. The van der Waals surface area contributed by atoms with Gasteiger partial charge >= 0.3 is 0 Å². The SMILES string of the molecule is O=C(CN1CCN(C(=O)CN2CCCCCC2=O)CC1)NC1CC1. The van der Waals surface area contributed by atoms with Crippen LogP contribution in [0.4, 0.5) is 0 Å². The Balaban J connectivity index is 1.39. The monoisotopic (exact) mass is 336 g/mol. The van der Waals surface area contributed by atoms with Gasteiger partial charge in [-0.25, -0.2) is 0 Å². The van der Waals surface area contributed by atoms with E-state index in [2.05, 4.69) is 10.2 Å². The van der Waals surface area contributed by atoms with Gasteiger partial charge in [-0.2, -0.15) is 0 Å². The Bertz CT molecular complexity index is 484. The lowest BCUT2D eigenvalue weighted by atomic mass is 10.2. The fourth-order valence-corrected chi connectivity index (χ4v) is 3.33. The maximum Gasteiger partial charge on any atom is 0.242 e. The highest BCUT2D eigenvalue weighted by Gasteiger charge is 2.27. The van der Waals surface area contributed by atoms with Crippen molar-refractivity contribution in [3.8, 4) is 0 Å². The molecule has 1 N–H and O–H groups in total. The molecule has 3 amide bonds. The molecule has 0 aromatic carbocycles. The van der Waals surface area contributed by atoms with Crippen LogP contribution in [-0.2, 0) is 14.4 Å². The average molecular weight is 336 g/mol. The summed E-state index contributed by atoms with van der Waals surface area (Å²) in [5, 5.41) is 2.99. The van der Waals surface area contributed by atoms with Gasteiger partial charge < -0.3 is 15.1 Å². The Morgan fingerprint density at radius 3 is 2.42 bits per heavy atom. The molecule has 134 valence electrons. The third kappa shape index (κ3) is 4.93. The van der Waals surface area contributed by atoms with Gasteiger partial charge in [-0.15, -0.1) is 0 Å². The number of amides is 3. The van der Waals surface area contributed by atoms with Gasteiger partial charge in [0, 0.05) is 45.2 Å². The molecule has 0 radical (unpaired) electrons. The van der Waals surface area contributed by atoms with Crippen molar-refractivity contribution in [2.45, 2.75) is 44.6 Å². The molecule has 0 bridgehead atoms. The van der Waals surface area contributed by atoms with E-state index in [0.717, 1.165) is 45.2 Å². The third-order valence-electron chi connectivity index (χ3n) is 5.03. The number of piperazine rings is 1. The lowest BCUT2D eigenvalue weighted by Gasteiger charge is -2.35. The number of carbonyl (C=O) groups is 3. The molecule has 0 aromatic rings. The Hall–Kier alpha value is -1.63. The van der Waals surface area contributed by atoms with Crippen LogP contribution in [0.2, 0.25) is 0 Å². The highest BCUT2D eigenvalue weighted by atomic mass is 16.2. The standard InChI is InChI=1S/C17H28N4O3/c22-15(18-14-5-6-14)12-19-8-10-20(11-9-19)17(24)13-21-7-3-1-2-4-16(21)23/h14H,1-13H2,(H,18,22). The van der Waals surface area contributed by atoms with E-state index >= 15 is 0 Å². The molecule has 24 heavy (non-hydrogen) atoms. The molecule has 7 heteroatoms. The van der Waals surface area contributed by atoms with Gasteiger partial charge in [0.05, 0.1) is 13.1 Å². The van der Waals surface area contributed by atoms with E-state index in [1.807, 2.05) is 4.90 Å². The summed E-state index contributed by atoms with van der Waals surface area (Å²) in [6, 6.07) is 0.395. The van der Waals surface area contributed by atoms with E-state index in [1.165, 1.54) is 0 Å². The number of nitrogens with zero attached hydrogens (tertiary/aromatic N) is 3. The van der Waals surface area contributed by atoms with E-state index in [-0.39, 0.29) is 24.3 Å². The molecule has 0 aromatic heterocycles. The zero-order chi connectivity index (χ0) is 16.9. The fraction of sp³-hybridized carbons (Fsp3) is 0.824. The Morgan fingerprint density at radius 2 is 1.71 bits per heavy atom. The van der Waals surface area contributed by atoms with E-state index in [9.17, 15) is 14.4 Å². The van der Waals surface area contributed by atoms with Crippen molar-refractivity contribution in [3.05, 3.63) is 0 Å². The van der Waals surface area contributed by atoms with Crippen LogP contribution in [0.1, 0.15) is 38.5 Å².